The van der Waals surface area contributed by atoms with Crippen molar-refractivity contribution in [1.29, 1.82) is 0 Å². The van der Waals surface area contributed by atoms with Gasteiger partial charge in [0.25, 0.3) is 0 Å². The van der Waals surface area contributed by atoms with Gasteiger partial charge in [0.05, 0.1) is 0 Å². The highest BCUT2D eigenvalue weighted by Crippen LogP contribution is 2.35. The van der Waals surface area contributed by atoms with Crippen LogP contribution in [0, 0.1) is 0 Å². The zero-order chi connectivity index (χ0) is 17.1. The summed E-state index contributed by atoms with van der Waals surface area (Å²) in [6.07, 6.45) is 7.92. The second-order valence-electron chi connectivity index (χ2n) is 6.09. The van der Waals surface area contributed by atoms with E-state index >= 15 is 0 Å². The Hall–Kier alpha value is -2.83. The Labute approximate surface area is 145 Å². The Bertz CT molecular complexity index is 812. The van der Waals surface area contributed by atoms with Gasteiger partial charge in [-0.1, -0.05) is 11.6 Å². The van der Waals surface area contributed by atoms with Crippen LogP contribution in [0.1, 0.15) is 42.8 Å². The molecule has 1 aromatic carbocycles. The van der Waals surface area contributed by atoms with Crippen molar-refractivity contribution in [2.24, 2.45) is 0 Å². The highest BCUT2D eigenvalue weighted by atomic mass is 16.7. The lowest BCUT2D eigenvalue weighted by molar-refractivity contribution is 0.0920. The summed E-state index contributed by atoms with van der Waals surface area (Å²) in [6, 6.07) is 5.32. The molecule has 2 aromatic rings. The van der Waals surface area contributed by atoms with Crippen LogP contribution in [0.25, 0.3) is 11.5 Å². The number of ether oxygens (including phenoxy) is 2. The smallest absolute Gasteiger partial charge is 0.308 e. The van der Waals surface area contributed by atoms with Gasteiger partial charge in [0.2, 0.25) is 12.7 Å². The predicted molar refractivity (Wildman–Crippen MR) is 89.4 cm³/mol. The lowest BCUT2D eigenvalue weighted by Crippen LogP contribution is -2.25. The number of carbonyl (C=O) groups is 1. The largest absolute Gasteiger partial charge is 0.454 e. The molecule has 1 aliphatic heterocycles. The summed E-state index contributed by atoms with van der Waals surface area (Å²) >= 11 is 0. The molecule has 1 N–H and O–H groups in total. The van der Waals surface area contributed by atoms with Crippen LogP contribution in [0.3, 0.4) is 0 Å². The molecule has 7 heteroatoms. The first kappa shape index (κ1) is 15.7. The van der Waals surface area contributed by atoms with Gasteiger partial charge in [0, 0.05) is 12.1 Å². The van der Waals surface area contributed by atoms with E-state index in [2.05, 4.69) is 21.6 Å². The summed E-state index contributed by atoms with van der Waals surface area (Å²) in [4.78, 5) is 12.1. The Morgan fingerprint density at radius 2 is 2.08 bits per heavy atom. The number of nitrogens with zero attached hydrogens (tertiary/aromatic N) is 2. The molecular formula is C18H19N3O4. The van der Waals surface area contributed by atoms with Gasteiger partial charge in [-0.3, -0.25) is 4.79 Å². The van der Waals surface area contributed by atoms with Crippen molar-refractivity contribution in [3.8, 4) is 23.0 Å². The summed E-state index contributed by atoms with van der Waals surface area (Å²) in [5.41, 5.74) is 2.10. The first-order valence-electron chi connectivity index (χ1n) is 8.49. The Kier molecular flexibility index (Phi) is 4.37. The van der Waals surface area contributed by atoms with Crippen molar-refractivity contribution >= 4 is 5.91 Å². The molecule has 7 nitrogen and oxygen atoms in total. The summed E-state index contributed by atoms with van der Waals surface area (Å²) in [7, 11) is 0. The quantitative estimate of drug-likeness (QED) is 0.841. The second-order valence-corrected chi connectivity index (χ2v) is 6.09. The van der Waals surface area contributed by atoms with Gasteiger partial charge in [0.1, 0.15) is 0 Å². The molecule has 2 heterocycles. The zero-order valence-corrected chi connectivity index (χ0v) is 13.8. The average Bonchev–Trinajstić information content (AvgIpc) is 3.31. The third kappa shape index (κ3) is 3.50. The third-order valence-corrected chi connectivity index (χ3v) is 4.36. The van der Waals surface area contributed by atoms with E-state index in [0.717, 1.165) is 19.3 Å². The van der Waals surface area contributed by atoms with Crippen LogP contribution < -0.4 is 14.8 Å². The highest BCUT2D eigenvalue weighted by Gasteiger charge is 2.19. The summed E-state index contributed by atoms with van der Waals surface area (Å²) in [5.74, 6) is 1.19. The normalized spacial score (nSPS) is 15.8. The number of benzene rings is 1. The summed E-state index contributed by atoms with van der Waals surface area (Å²) in [5, 5.41) is 10.6. The molecule has 0 atom stereocenters. The number of amides is 1. The summed E-state index contributed by atoms with van der Waals surface area (Å²) in [6.45, 7) is 0.777. The Balaban J connectivity index is 1.37. The highest BCUT2D eigenvalue weighted by molar-refractivity contribution is 5.89. The van der Waals surface area contributed by atoms with Gasteiger partial charge in [-0.2, -0.15) is 0 Å². The number of fused-ring (bicyclic) bond motifs is 1. The minimum atomic E-state index is -0.351. The van der Waals surface area contributed by atoms with Crippen LogP contribution in [-0.2, 0) is 0 Å². The molecule has 130 valence electrons. The number of nitrogens with one attached hydrogen (secondary N) is 1. The number of hydrogen-bond donors (Lipinski definition) is 1. The van der Waals surface area contributed by atoms with Crippen LogP contribution in [0.2, 0.25) is 0 Å². The van der Waals surface area contributed by atoms with Crippen molar-refractivity contribution in [3.05, 3.63) is 35.7 Å². The molecule has 0 saturated carbocycles. The van der Waals surface area contributed by atoms with Crippen LogP contribution >= 0.6 is 0 Å². The van der Waals surface area contributed by atoms with Crippen LogP contribution in [0.5, 0.6) is 11.5 Å². The lowest BCUT2D eigenvalue weighted by Gasteiger charge is -2.12. The van der Waals surface area contributed by atoms with E-state index < -0.39 is 0 Å². The Morgan fingerprint density at radius 1 is 1.16 bits per heavy atom. The van der Waals surface area contributed by atoms with E-state index in [1.54, 1.807) is 18.2 Å². The van der Waals surface area contributed by atoms with E-state index in [4.69, 9.17) is 13.9 Å². The van der Waals surface area contributed by atoms with Gasteiger partial charge in [-0.05, 0) is 50.3 Å². The fourth-order valence-electron chi connectivity index (χ4n) is 3.01. The molecule has 0 unspecified atom stereocenters. The first-order chi connectivity index (χ1) is 12.3. The van der Waals surface area contributed by atoms with E-state index in [0.29, 0.717) is 23.6 Å². The predicted octanol–water partition coefficient (Wildman–Crippen LogP) is 3.09. The van der Waals surface area contributed by atoms with Gasteiger partial charge < -0.3 is 19.2 Å². The molecule has 0 spiro atoms. The summed E-state index contributed by atoms with van der Waals surface area (Å²) < 4.78 is 16.1. The van der Waals surface area contributed by atoms with E-state index in [1.807, 2.05) is 0 Å². The van der Waals surface area contributed by atoms with Crippen molar-refractivity contribution in [2.75, 3.05) is 13.3 Å². The van der Waals surface area contributed by atoms with Crippen LogP contribution in [0.15, 0.2) is 34.3 Å². The van der Waals surface area contributed by atoms with Gasteiger partial charge >= 0.3 is 11.8 Å². The minimum absolute atomic E-state index is 0.0368. The molecular weight excluding hydrogens is 322 g/mol. The first-order valence-corrected chi connectivity index (χ1v) is 8.49. The molecule has 0 saturated heterocycles. The van der Waals surface area contributed by atoms with E-state index in [9.17, 15) is 4.79 Å². The van der Waals surface area contributed by atoms with Gasteiger partial charge in [0.15, 0.2) is 11.5 Å². The molecule has 0 radical (unpaired) electrons. The van der Waals surface area contributed by atoms with Gasteiger partial charge in [-0.15, -0.1) is 10.2 Å². The molecule has 1 amide bonds. The lowest BCUT2D eigenvalue weighted by atomic mass is 9.97. The minimum Gasteiger partial charge on any atom is -0.454 e. The number of aromatic nitrogens is 2. The standard InChI is InChI=1S/C18H19N3O4/c22-16(19-9-8-12-4-2-1-3-5-12)18-21-20-17(25-18)13-6-7-14-15(10-13)24-11-23-14/h4,6-7,10H,1-3,5,8-9,11H2,(H,19,22). The molecule has 0 fully saturated rings. The molecule has 25 heavy (non-hydrogen) atoms. The van der Waals surface area contributed by atoms with Crippen molar-refractivity contribution < 1.29 is 18.7 Å². The van der Waals surface area contributed by atoms with E-state index in [1.165, 1.54) is 18.4 Å². The molecule has 4 rings (SSSR count). The molecule has 2 aliphatic rings. The maximum Gasteiger partial charge on any atom is 0.308 e. The van der Waals surface area contributed by atoms with Crippen molar-refractivity contribution in [3.63, 3.8) is 0 Å². The fraction of sp³-hybridized carbons (Fsp3) is 0.389. The number of carbonyl (C=O) groups excluding carboxylic acids is 1. The topological polar surface area (TPSA) is 86.5 Å². The van der Waals surface area contributed by atoms with Gasteiger partial charge in [-0.25, -0.2) is 0 Å². The zero-order valence-electron chi connectivity index (χ0n) is 13.8. The fourth-order valence-corrected chi connectivity index (χ4v) is 3.01. The third-order valence-electron chi connectivity index (χ3n) is 4.36. The maximum absolute atomic E-state index is 12.1. The van der Waals surface area contributed by atoms with Crippen molar-refractivity contribution in [2.45, 2.75) is 32.1 Å². The second kappa shape index (κ2) is 6.96. The number of rotatable bonds is 5. The maximum atomic E-state index is 12.1. The van der Waals surface area contributed by atoms with E-state index in [-0.39, 0.29) is 24.5 Å². The molecule has 1 aromatic heterocycles. The number of hydrogen-bond acceptors (Lipinski definition) is 6. The monoisotopic (exact) mass is 341 g/mol. The van der Waals surface area contributed by atoms with Crippen molar-refractivity contribution in [1.82, 2.24) is 15.5 Å². The average molecular weight is 341 g/mol. The van der Waals surface area contributed by atoms with Crippen LogP contribution in [-0.4, -0.2) is 29.4 Å². The Morgan fingerprint density at radius 3 is 2.96 bits per heavy atom. The number of allylic oxidation sites excluding steroid dienone is 1. The molecule has 1 aliphatic carbocycles. The van der Waals surface area contributed by atoms with Crippen LogP contribution in [0.4, 0.5) is 0 Å². The molecule has 0 bridgehead atoms. The SMILES string of the molecule is O=C(NCCC1=CCCCC1)c1nnc(-c2ccc3c(c2)OCO3)o1.